The van der Waals surface area contributed by atoms with Crippen LogP contribution in [0.2, 0.25) is 5.02 Å². The fourth-order valence-corrected chi connectivity index (χ4v) is 4.18. The van der Waals surface area contributed by atoms with Crippen LogP contribution in [0.4, 0.5) is 5.69 Å². The third-order valence-corrected chi connectivity index (χ3v) is 6.39. The molecule has 2 fully saturated rings. The Morgan fingerprint density at radius 1 is 1.17 bits per heavy atom. The first-order chi connectivity index (χ1) is 14.1. The van der Waals surface area contributed by atoms with Crippen LogP contribution < -0.4 is 5.32 Å². The number of hydrogen-bond acceptors (Lipinski definition) is 4. The molecule has 29 heavy (non-hydrogen) atoms. The maximum atomic E-state index is 12.5. The molecule has 6 nitrogen and oxygen atoms in total. The maximum absolute atomic E-state index is 12.5. The minimum Gasteiger partial charge on any atom is -0.381 e. The summed E-state index contributed by atoms with van der Waals surface area (Å²) in [5.41, 5.74) is 1.65. The number of benzene rings is 1. The molecule has 1 saturated heterocycles. The summed E-state index contributed by atoms with van der Waals surface area (Å²) in [6.45, 7) is 3.67. The second-order valence-electron chi connectivity index (χ2n) is 8.19. The number of rotatable bonds is 8. The standard InChI is InChI=1S/C22H29ClN4O2/c1-15-18(23)3-2-4-19(15)24-22(28)10-9-21-26-25-20(27(21)17-6-7-17)8-5-16-11-13-29-14-12-16/h2-4,16-17H,5-14H2,1H3,(H,24,28). The molecule has 1 aromatic heterocycles. The van der Waals surface area contributed by atoms with Crippen molar-refractivity contribution in [3.05, 3.63) is 40.4 Å². The number of carbonyl (C=O) groups excluding carboxylic acids is 1. The predicted octanol–water partition coefficient (Wildman–Crippen LogP) is 4.51. The van der Waals surface area contributed by atoms with Crippen LogP contribution in [0.1, 0.15) is 61.8 Å². The first kappa shape index (κ1) is 20.4. The molecule has 156 valence electrons. The zero-order valence-electron chi connectivity index (χ0n) is 17.0. The maximum Gasteiger partial charge on any atom is 0.224 e. The Bertz CT molecular complexity index is 856. The highest BCUT2D eigenvalue weighted by Gasteiger charge is 2.29. The van der Waals surface area contributed by atoms with Crippen LogP contribution in [0.15, 0.2) is 18.2 Å². The molecule has 1 aliphatic heterocycles. The number of ether oxygens (including phenoxy) is 1. The molecule has 1 saturated carbocycles. The van der Waals surface area contributed by atoms with Crippen molar-refractivity contribution in [2.75, 3.05) is 18.5 Å². The van der Waals surface area contributed by atoms with Crippen molar-refractivity contribution < 1.29 is 9.53 Å². The minimum absolute atomic E-state index is 0.0236. The molecule has 1 N–H and O–H groups in total. The molecule has 0 unspecified atom stereocenters. The second kappa shape index (κ2) is 9.26. The van der Waals surface area contributed by atoms with Gasteiger partial charge < -0.3 is 14.6 Å². The zero-order chi connectivity index (χ0) is 20.2. The van der Waals surface area contributed by atoms with Gasteiger partial charge in [-0.3, -0.25) is 4.79 Å². The highest BCUT2D eigenvalue weighted by atomic mass is 35.5. The van der Waals surface area contributed by atoms with E-state index in [0.717, 1.165) is 67.7 Å². The van der Waals surface area contributed by atoms with Crippen LogP contribution in [0, 0.1) is 12.8 Å². The van der Waals surface area contributed by atoms with Gasteiger partial charge in [-0.05, 0) is 62.6 Å². The molecule has 4 rings (SSSR count). The van der Waals surface area contributed by atoms with Crippen molar-refractivity contribution in [2.45, 2.75) is 64.3 Å². The molecule has 0 spiro atoms. The highest BCUT2D eigenvalue weighted by Crippen LogP contribution is 2.37. The van der Waals surface area contributed by atoms with E-state index in [1.54, 1.807) is 0 Å². The van der Waals surface area contributed by atoms with Gasteiger partial charge in [-0.2, -0.15) is 0 Å². The lowest BCUT2D eigenvalue weighted by Gasteiger charge is -2.21. The van der Waals surface area contributed by atoms with E-state index >= 15 is 0 Å². The van der Waals surface area contributed by atoms with Crippen LogP contribution in [-0.4, -0.2) is 33.9 Å². The van der Waals surface area contributed by atoms with Crippen LogP contribution >= 0.6 is 11.6 Å². The molecule has 1 aliphatic carbocycles. The van der Waals surface area contributed by atoms with Crippen molar-refractivity contribution in [1.82, 2.24) is 14.8 Å². The normalized spacial score (nSPS) is 17.4. The van der Waals surface area contributed by atoms with Gasteiger partial charge in [0, 0.05) is 49.2 Å². The molecule has 0 radical (unpaired) electrons. The van der Waals surface area contributed by atoms with Crippen LogP contribution in [0.3, 0.4) is 0 Å². The van der Waals surface area contributed by atoms with Crippen molar-refractivity contribution in [1.29, 1.82) is 0 Å². The van der Waals surface area contributed by atoms with Crippen molar-refractivity contribution in [3.8, 4) is 0 Å². The number of nitrogens with one attached hydrogen (secondary N) is 1. The van der Waals surface area contributed by atoms with E-state index in [4.69, 9.17) is 16.3 Å². The number of hydrogen-bond donors (Lipinski definition) is 1. The monoisotopic (exact) mass is 416 g/mol. The third-order valence-electron chi connectivity index (χ3n) is 5.98. The topological polar surface area (TPSA) is 69.0 Å². The van der Waals surface area contributed by atoms with Crippen LogP contribution in [0.25, 0.3) is 0 Å². The van der Waals surface area contributed by atoms with E-state index in [-0.39, 0.29) is 5.91 Å². The minimum atomic E-state index is -0.0236. The Balaban J connectivity index is 1.35. The Morgan fingerprint density at radius 2 is 1.90 bits per heavy atom. The number of amides is 1. The van der Waals surface area contributed by atoms with Crippen LogP contribution in [0.5, 0.6) is 0 Å². The lowest BCUT2D eigenvalue weighted by Crippen LogP contribution is -2.17. The highest BCUT2D eigenvalue weighted by molar-refractivity contribution is 6.31. The van der Waals surface area contributed by atoms with E-state index in [9.17, 15) is 4.79 Å². The largest absolute Gasteiger partial charge is 0.381 e. The molecule has 0 atom stereocenters. The number of nitrogens with zero attached hydrogens (tertiary/aromatic N) is 3. The molecule has 2 aliphatic rings. The van der Waals surface area contributed by atoms with E-state index in [1.165, 1.54) is 12.8 Å². The molecule has 1 amide bonds. The van der Waals surface area contributed by atoms with E-state index in [2.05, 4.69) is 20.1 Å². The number of aromatic nitrogens is 3. The molecular formula is C22H29ClN4O2. The number of carbonyl (C=O) groups is 1. The number of aryl methyl sites for hydroxylation is 2. The summed E-state index contributed by atoms with van der Waals surface area (Å²) in [5, 5.41) is 12.5. The summed E-state index contributed by atoms with van der Waals surface area (Å²) >= 11 is 6.14. The lowest BCUT2D eigenvalue weighted by molar-refractivity contribution is -0.116. The Hall–Kier alpha value is -1.92. The Kier molecular flexibility index (Phi) is 6.50. The first-order valence-corrected chi connectivity index (χ1v) is 11.0. The van der Waals surface area contributed by atoms with Gasteiger partial charge in [0.2, 0.25) is 5.91 Å². The summed E-state index contributed by atoms with van der Waals surface area (Å²) < 4.78 is 7.76. The molecule has 2 aromatic rings. The summed E-state index contributed by atoms with van der Waals surface area (Å²) in [6, 6.07) is 6.06. The second-order valence-corrected chi connectivity index (χ2v) is 8.60. The fourth-order valence-electron chi connectivity index (χ4n) is 4.01. The van der Waals surface area contributed by atoms with Crippen LogP contribution in [-0.2, 0) is 22.4 Å². The molecule has 1 aromatic carbocycles. The average molecular weight is 417 g/mol. The summed E-state index contributed by atoms with van der Waals surface area (Å²) in [6.07, 6.45) is 7.75. The van der Waals surface area contributed by atoms with Gasteiger partial charge in [0.25, 0.3) is 0 Å². The van der Waals surface area contributed by atoms with E-state index < -0.39 is 0 Å². The van der Waals surface area contributed by atoms with Gasteiger partial charge in [0.1, 0.15) is 11.6 Å². The zero-order valence-corrected chi connectivity index (χ0v) is 17.7. The van der Waals surface area contributed by atoms with Gasteiger partial charge in [-0.15, -0.1) is 10.2 Å². The molecule has 2 heterocycles. The fraction of sp³-hybridized carbons (Fsp3) is 0.591. The summed E-state index contributed by atoms with van der Waals surface area (Å²) in [7, 11) is 0. The van der Waals surface area contributed by atoms with Gasteiger partial charge in [0.15, 0.2) is 0 Å². The van der Waals surface area contributed by atoms with Crippen molar-refractivity contribution >= 4 is 23.2 Å². The third kappa shape index (κ3) is 5.17. The molecule has 7 heteroatoms. The van der Waals surface area contributed by atoms with Gasteiger partial charge >= 0.3 is 0 Å². The van der Waals surface area contributed by atoms with Gasteiger partial charge in [-0.1, -0.05) is 17.7 Å². The van der Waals surface area contributed by atoms with Crippen molar-refractivity contribution in [3.63, 3.8) is 0 Å². The van der Waals surface area contributed by atoms with E-state index in [1.807, 2.05) is 25.1 Å². The summed E-state index contributed by atoms with van der Waals surface area (Å²) in [5.74, 6) is 2.72. The lowest BCUT2D eigenvalue weighted by atomic mass is 9.95. The Labute approximate surface area is 177 Å². The van der Waals surface area contributed by atoms with Gasteiger partial charge in [0.05, 0.1) is 0 Å². The molecule has 0 bridgehead atoms. The van der Waals surface area contributed by atoms with Crippen molar-refractivity contribution in [2.24, 2.45) is 5.92 Å². The SMILES string of the molecule is Cc1c(Cl)cccc1NC(=O)CCc1nnc(CCC2CCOCC2)n1C1CC1. The molecular weight excluding hydrogens is 388 g/mol. The van der Waals surface area contributed by atoms with E-state index in [0.29, 0.717) is 23.9 Å². The quantitative estimate of drug-likeness (QED) is 0.687. The number of anilines is 1. The average Bonchev–Trinajstić information content (AvgIpc) is 3.49. The first-order valence-electron chi connectivity index (χ1n) is 10.7. The number of halogens is 1. The van der Waals surface area contributed by atoms with Gasteiger partial charge in [-0.25, -0.2) is 0 Å². The predicted molar refractivity (Wildman–Crippen MR) is 113 cm³/mol. The summed E-state index contributed by atoms with van der Waals surface area (Å²) in [4.78, 5) is 12.5. The Morgan fingerprint density at radius 3 is 2.62 bits per heavy atom. The smallest absolute Gasteiger partial charge is 0.224 e.